The second-order valence-corrected chi connectivity index (χ2v) is 7.16. The first-order valence-electron chi connectivity index (χ1n) is 6.10. The number of nitrogens with zero attached hydrogens (tertiary/aromatic N) is 1. The summed E-state index contributed by atoms with van der Waals surface area (Å²) in [6.07, 6.45) is 1.74. The summed E-state index contributed by atoms with van der Waals surface area (Å²) in [5.74, 6) is 0.745. The van der Waals surface area contributed by atoms with Gasteiger partial charge in [-0.25, -0.2) is 12.7 Å². The van der Waals surface area contributed by atoms with Crippen LogP contribution >= 0.6 is 0 Å². The predicted octanol–water partition coefficient (Wildman–Crippen LogP) is 1.03. The Balaban J connectivity index is 2.68. The zero-order valence-electron chi connectivity index (χ0n) is 10.5. The van der Waals surface area contributed by atoms with Crippen LogP contribution in [0.5, 0.6) is 0 Å². The first-order chi connectivity index (χ1) is 7.36. The van der Waals surface area contributed by atoms with E-state index in [-0.39, 0.29) is 17.7 Å². The highest BCUT2D eigenvalue weighted by molar-refractivity contribution is 7.89. The molecule has 1 aliphatic heterocycles. The molecule has 0 aromatic heterocycles. The molecule has 0 spiro atoms. The maximum Gasteiger partial charge on any atom is 0.214 e. The number of hydrogen-bond acceptors (Lipinski definition) is 3. The van der Waals surface area contributed by atoms with E-state index in [1.165, 1.54) is 0 Å². The molecule has 1 fully saturated rings. The summed E-state index contributed by atoms with van der Waals surface area (Å²) in [5.41, 5.74) is 5.97. The molecule has 1 heterocycles. The molecule has 1 rings (SSSR count). The van der Waals surface area contributed by atoms with Gasteiger partial charge in [-0.3, -0.25) is 0 Å². The Kier molecular flexibility index (Phi) is 4.76. The van der Waals surface area contributed by atoms with E-state index in [9.17, 15) is 8.42 Å². The predicted molar refractivity (Wildman–Crippen MR) is 66.6 cm³/mol. The molecule has 0 radical (unpaired) electrons. The van der Waals surface area contributed by atoms with E-state index in [4.69, 9.17) is 5.73 Å². The van der Waals surface area contributed by atoms with E-state index < -0.39 is 10.0 Å². The first-order valence-corrected chi connectivity index (χ1v) is 7.71. The van der Waals surface area contributed by atoms with Crippen molar-refractivity contribution in [3.8, 4) is 0 Å². The lowest BCUT2D eigenvalue weighted by atomic mass is 9.92. The van der Waals surface area contributed by atoms with Crippen molar-refractivity contribution in [2.45, 2.75) is 39.7 Å². The molecule has 2 unspecified atom stereocenters. The number of hydrogen-bond donors (Lipinski definition) is 1. The smallest absolute Gasteiger partial charge is 0.214 e. The van der Waals surface area contributed by atoms with E-state index >= 15 is 0 Å². The van der Waals surface area contributed by atoms with Gasteiger partial charge in [0.15, 0.2) is 0 Å². The van der Waals surface area contributed by atoms with Gasteiger partial charge in [0.05, 0.1) is 5.75 Å². The summed E-state index contributed by atoms with van der Waals surface area (Å²) in [4.78, 5) is 0. The Morgan fingerprint density at radius 3 is 2.56 bits per heavy atom. The SMILES string of the molecule is CCC1CN(S(=O)(=O)CC(C)C)CCC1N. The third-order valence-electron chi connectivity index (χ3n) is 3.22. The Labute approximate surface area is 99.2 Å². The lowest BCUT2D eigenvalue weighted by molar-refractivity contribution is 0.230. The maximum atomic E-state index is 12.0. The van der Waals surface area contributed by atoms with Crippen LogP contribution in [-0.2, 0) is 10.0 Å². The summed E-state index contributed by atoms with van der Waals surface area (Å²) in [5, 5.41) is 0. The zero-order valence-corrected chi connectivity index (χ0v) is 11.3. The van der Waals surface area contributed by atoms with Crippen LogP contribution in [0.3, 0.4) is 0 Å². The second kappa shape index (κ2) is 5.47. The molecule has 16 heavy (non-hydrogen) atoms. The molecule has 0 aromatic rings. The Bertz CT molecular complexity index is 314. The van der Waals surface area contributed by atoms with E-state index in [2.05, 4.69) is 6.92 Å². The largest absolute Gasteiger partial charge is 0.327 e. The lowest BCUT2D eigenvalue weighted by Crippen LogP contribution is -2.49. The fourth-order valence-corrected chi connectivity index (χ4v) is 4.08. The highest BCUT2D eigenvalue weighted by Crippen LogP contribution is 2.21. The van der Waals surface area contributed by atoms with Gasteiger partial charge in [-0.1, -0.05) is 27.2 Å². The van der Waals surface area contributed by atoms with Crippen molar-refractivity contribution in [1.82, 2.24) is 4.31 Å². The molecule has 2 atom stereocenters. The normalized spacial score (nSPS) is 28.6. The number of piperidine rings is 1. The molecule has 0 aliphatic carbocycles. The third kappa shape index (κ3) is 3.43. The molecule has 5 heteroatoms. The molecule has 0 bridgehead atoms. The monoisotopic (exact) mass is 248 g/mol. The summed E-state index contributed by atoms with van der Waals surface area (Å²) in [7, 11) is -3.07. The Hall–Kier alpha value is -0.130. The number of rotatable bonds is 4. The van der Waals surface area contributed by atoms with E-state index in [0.29, 0.717) is 19.0 Å². The molecule has 1 saturated heterocycles. The van der Waals surface area contributed by atoms with Crippen LogP contribution in [0.15, 0.2) is 0 Å². The van der Waals surface area contributed by atoms with Crippen molar-refractivity contribution in [2.75, 3.05) is 18.8 Å². The fraction of sp³-hybridized carbons (Fsp3) is 1.00. The Morgan fingerprint density at radius 1 is 1.44 bits per heavy atom. The van der Waals surface area contributed by atoms with Crippen LogP contribution in [0, 0.1) is 11.8 Å². The van der Waals surface area contributed by atoms with Crippen molar-refractivity contribution < 1.29 is 8.42 Å². The van der Waals surface area contributed by atoms with Crippen molar-refractivity contribution in [2.24, 2.45) is 17.6 Å². The van der Waals surface area contributed by atoms with Crippen LogP contribution in [0.1, 0.15) is 33.6 Å². The van der Waals surface area contributed by atoms with E-state index in [1.54, 1.807) is 4.31 Å². The summed E-state index contributed by atoms with van der Waals surface area (Å²) in [6, 6.07) is 0.162. The van der Waals surface area contributed by atoms with Gasteiger partial charge in [0, 0.05) is 19.1 Å². The fourth-order valence-electron chi connectivity index (χ4n) is 2.23. The summed E-state index contributed by atoms with van der Waals surface area (Å²) in [6.45, 7) is 7.14. The number of sulfonamides is 1. The molecule has 0 aromatic carbocycles. The van der Waals surface area contributed by atoms with Gasteiger partial charge in [-0.05, 0) is 18.3 Å². The third-order valence-corrected chi connectivity index (χ3v) is 5.42. The summed E-state index contributed by atoms with van der Waals surface area (Å²) < 4.78 is 25.7. The topological polar surface area (TPSA) is 63.4 Å². The quantitative estimate of drug-likeness (QED) is 0.808. The molecule has 0 saturated carbocycles. The average Bonchev–Trinajstić information content (AvgIpc) is 2.16. The van der Waals surface area contributed by atoms with Gasteiger partial charge < -0.3 is 5.73 Å². The Morgan fingerprint density at radius 2 is 2.06 bits per heavy atom. The van der Waals surface area contributed by atoms with Gasteiger partial charge in [0.25, 0.3) is 0 Å². The van der Waals surface area contributed by atoms with Gasteiger partial charge in [0.2, 0.25) is 10.0 Å². The lowest BCUT2D eigenvalue weighted by Gasteiger charge is -2.36. The van der Waals surface area contributed by atoms with E-state index in [0.717, 1.165) is 12.8 Å². The van der Waals surface area contributed by atoms with Gasteiger partial charge in [-0.2, -0.15) is 0 Å². The maximum absolute atomic E-state index is 12.0. The molecule has 4 nitrogen and oxygen atoms in total. The van der Waals surface area contributed by atoms with Crippen LogP contribution in [-0.4, -0.2) is 37.6 Å². The van der Waals surface area contributed by atoms with Gasteiger partial charge in [-0.15, -0.1) is 0 Å². The first kappa shape index (κ1) is 13.9. The molecule has 2 N–H and O–H groups in total. The van der Waals surface area contributed by atoms with E-state index in [1.807, 2.05) is 13.8 Å². The van der Waals surface area contributed by atoms with Gasteiger partial charge in [0.1, 0.15) is 0 Å². The highest BCUT2D eigenvalue weighted by atomic mass is 32.2. The molecule has 1 aliphatic rings. The molecular formula is C11H24N2O2S. The molecular weight excluding hydrogens is 224 g/mol. The zero-order chi connectivity index (χ0) is 12.3. The highest BCUT2D eigenvalue weighted by Gasteiger charge is 2.32. The molecule has 96 valence electrons. The van der Waals surface area contributed by atoms with Crippen LogP contribution in [0.4, 0.5) is 0 Å². The minimum atomic E-state index is -3.07. The van der Waals surface area contributed by atoms with Crippen molar-refractivity contribution in [1.29, 1.82) is 0 Å². The number of nitrogens with two attached hydrogens (primary N) is 1. The minimum absolute atomic E-state index is 0.162. The van der Waals surface area contributed by atoms with Crippen molar-refractivity contribution in [3.05, 3.63) is 0 Å². The van der Waals surface area contributed by atoms with Crippen LogP contribution in [0.25, 0.3) is 0 Å². The summed E-state index contributed by atoms with van der Waals surface area (Å²) >= 11 is 0. The van der Waals surface area contributed by atoms with Crippen molar-refractivity contribution >= 4 is 10.0 Å². The van der Waals surface area contributed by atoms with Crippen LogP contribution < -0.4 is 5.73 Å². The second-order valence-electron chi connectivity index (χ2n) is 5.15. The standard InChI is InChI=1S/C11H24N2O2S/c1-4-10-7-13(6-5-11(10)12)16(14,15)8-9(2)3/h9-11H,4-8,12H2,1-3H3. The average molecular weight is 248 g/mol. The van der Waals surface area contributed by atoms with Crippen molar-refractivity contribution in [3.63, 3.8) is 0 Å². The van der Waals surface area contributed by atoms with Gasteiger partial charge >= 0.3 is 0 Å². The minimum Gasteiger partial charge on any atom is -0.327 e. The van der Waals surface area contributed by atoms with Crippen LogP contribution in [0.2, 0.25) is 0 Å². The molecule has 0 amide bonds.